The molecule has 0 unspecified atom stereocenters. The number of tetrazole rings is 1. The van der Waals surface area contributed by atoms with Crippen LogP contribution in [0.1, 0.15) is 226 Å². The van der Waals surface area contributed by atoms with E-state index in [9.17, 15) is 14.4 Å². The molecule has 0 aliphatic heterocycles. The SMILES string of the molecule is C=C(c1ccc(-n2nn[nH]c2=O)cc1)c1cc2c(cc1C)C(C)(C)CCC2(C)C.C=C(c1ccc(C(=O)O)cc1)c1cc2c(cc1C)C(C)(C)CCC2(C)C.C=C(c1ccc(C(=O)O)cc1)c1cc2c(cc1C)C(C)(C)CCC2(C)C. The molecule has 81 heavy (non-hydrogen) atoms. The number of aromatic nitrogens is 4. The Morgan fingerprint density at radius 1 is 0.420 bits per heavy atom. The van der Waals surface area contributed by atoms with Crippen LogP contribution in [0.3, 0.4) is 0 Å². The third kappa shape index (κ3) is 11.9. The quantitative estimate of drug-likeness (QED) is 0.131. The number of nitrogens with one attached hydrogen (secondary N) is 1. The number of hydrogen-bond donors (Lipinski definition) is 3. The molecule has 0 saturated heterocycles. The van der Waals surface area contributed by atoms with Crippen molar-refractivity contribution in [1.29, 1.82) is 0 Å². The van der Waals surface area contributed by atoms with Gasteiger partial charge in [-0.2, -0.15) is 4.68 Å². The molecule has 0 saturated carbocycles. The van der Waals surface area contributed by atoms with E-state index in [2.05, 4.69) is 176 Å². The van der Waals surface area contributed by atoms with Crippen molar-refractivity contribution in [3.05, 3.63) is 234 Å². The Labute approximate surface area is 481 Å². The van der Waals surface area contributed by atoms with Gasteiger partial charge in [-0.15, -0.1) is 0 Å². The van der Waals surface area contributed by atoms with E-state index in [1.807, 2.05) is 48.5 Å². The number of aromatic amines is 1. The van der Waals surface area contributed by atoms with Crippen molar-refractivity contribution in [2.45, 2.75) is 175 Å². The average molecular weight is 1090 g/mol. The van der Waals surface area contributed by atoms with Gasteiger partial charge in [-0.05, 0) is 239 Å². The van der Waals surface area contributed by atoms with E-state index in [-0.39, 0.29) is 38.2 Å². The monoisotopic (exact) mass is 1080 g/mol. The smallest absolute Gasteiger partial charge is 0.365 e. The standard InChI is InChI=1S/C24H28N4O.2C24H28O2/c1-15-13-20-21(24(5,6)12-11-23(20,3)4)14-19(15)16(2)17-7-9-18(10-8-17)28-22(29)25-26-27-28;2*1-15-13-20-21(24(5,6)12-11-23(20,3)4)14-19(15)16(2)17-7-9-18(10-8-17)22(25)26/h7-10,13-14H,2,11-12H2,1,3-6H3,(H,25,27,29);2*7-10,13-14H,2,11-12H2,1,3-6H3,(H,25,26). The highest BCUT2D eigenvalue weighted by Crippen LogP contribution is 2.50. The van der Waals surface area contributed by atoms with Crippen molar-refractivity contribution < 1.29 is 19.8 Å². The summed E-state index contributed by atoms with van der Waals surface area (Å²) in [5.41, 5.74) is 23.6. The molecule has 422 valence electrons. The molecule has 9 heteroatoms. The molecule has 9 nitrogen and oxygen atoms in total. The van der Waals surface area contributed by atoms with Gasteiger partial charge in [0.15, 0.2) is 0 Å². The zero-order valence-electron chi connectivity index (χ0n) is 50.7. The minimum Gasteiger partial charge on any atom is -0.478 e. The van der Waals surface area contributed by atoms with Crippen LogP contribution < -0.4 is 5.69 Å². The number of rotatable bonds is 9. The van der Waals surface area contributed by atoms with Gasteiger partial charge in [-0.1, -0.05) is 176 Å². The molecule has 1 heterocycles. The Morgan fingerprint density at radius 3 is 0.889 bits per heavy atom. The van der Waals surface area contributed by atoms with Crippen LogP contribution in [-0.4, -0.2) is 42.4 Å². The summed E-state index contributed by atoms with van der Waals surface area (Å²) in [6.45, 7) is 47.5. The number of benzene rings is 6. The zero-order valence-corrected chi connectivity index (χ0v) is 50.7. The average Bonchev–Trinajstić information content (AvgIpc) is 3.98. The molecule has 0 radical (unpaired) electrons. The number of carbonyl (C=O) groups is 2. The van der Waals surface area contributed by atoms with E-state index in [4.69, 9.17) is 10.2 Å². The molecule has 0 spiro atoms. The molecule has 0 amide bonds. The number of aromatic carboxylic acids is 2. The molecule has 3 aliphatic carbocycles. The van der Waals surface area contributed by atoms with E-state index in [0.29, 0.717) is 16.8 Å². The number of carboxylic acids is 2. The number of hydrogen-bond acceptors (Lipinski definition) is 5. The van der Waals surface area contributed by atoms with Gasteiger partial charge in [0.05, 0.1) is 16.8 Å². The molecule has 1 aromatic heterocycles. The van der Waals surface area contributed by atoms with Gasteiger partial charge in [0.1, 0.15) is 0 Å². The first-order valence-electron chi connectivity index (χ1n) is 28.5. The van der Waals surface area contributed by atoms with Crippen LogP contribution in [0.15, 0.2) is 134 Å². The fraction of sp³-hybridized carbons (Fsp3) is 0.375. The van der Waals surface area contributed by atoms with Crippen molar-refractivity contribution in [1.82, 2.24) is 20.2 Å². The zero-order chi connectivity index (χ0) is 59.5. The van der Waals surface area contributed by atoms with E-state index >= 15 is 0 Å². The third-order valence-electron chi connectivity index (χ3n) is 18.5. The molecular weight excluding hydrogens is 1000 g/mol. The minimum atomic E-state index is -0.906. The van der Waals surface area contributed by atoms with Crippen LogP contribution >= 0.6 is 0 Å². The Morgan fingerprint density at radius 2 is 0.654 bits per heavy atom. The summed E-state index contributed by atoms with van der Waals surface area (Å²) >= 11 is 0. The van der Waals surface area contributed by atoms with Crippen LogP contribution in [0.25, 0.3) is 22.4 Å². The van der Waals surface area contributed by atoms with Crippen molar-refractivity contribution in [3.8, 4) is 5.69 Å². The van der Waals surface area contributed by atoms with Crippen LogP contribution in [0, 0.1) is 20.8 Å². The van der Waals surface area contributed by atoms with Gasteiger partial charge < -0.3 is 10.2 Å². The van der Waals surface area contributed by atoms with E-state index in [1.54, 1.807) is 24.3 Å². The van der Waals surface area contributed by atoms with Crippen molar-refractivity contribution in [2.75, 3.05) is 0 Å². The summed E-state index contributed by atoms with van der Waals surface area (Å²) in [4.78, 5) is 33.9. The number of nitrogens with zero attached hydrogens (tertiary/aromatic N) is 3. The molecule has 0 bridgehead atoms. The lowest BCUT2D eigenvalue weighted by atomic mass is 9.62. The highest BCUT2D eigenvalue weighted by atomic mass is 16.4. The number of fused-ring (bicyclic) bond motifs is 3. The second-order valence-electron chi connectivity index (χ2n) is 27.1. The van der Waals surface area contributed by atoms with Crippen LogP contribution in [0.4, 0.5) is 0 Å². The fourth-order valence-electron chi connectivity index (χ4n) is 12.4. The summed E-state index contributed by atoms with van der Waals surface area (Å²) in [6, 6.07) is 35.7. The normalized spacial score (nSPS) is 17.3. The van der Waals surface area contributed by atoms with Gasteiger partial charge in [0.2, 0.25) is 0 Å². The first-order chi connectivity index (χ1) is 37.7. The molecule has 10 rings (SSSR count). The third-order valence-corrected chi connectivity index (χ3v) is 18.5. The second kappa shape index (κ2) is 21.7. The van der Waals surface area contributed by atoms with Gasteiger partial charge in [-0.3, -0.25) is 0 Å². The fourth-order valence-corrected chi connectivity index (χ4v) is 12.4. The maximum Gasteiger partial charge on any atom is 0.365 e. The van der Waals surface area contributed by atoms with Gasteiger partial charge >= 0.3 is 17.6 Å². The van der Waals surface area contributed by atoms with Crippen LogP contribution in [0.5, 0.6) is 0 Å². The Bertz CT molecular complexity index is 3540. The van der Waals surface area contributed by atoms with Gasteiger partial charge in [0, 0.05) is 0 Å². The Balaban J connectivity index is 0.000000160. The molecule has 3 aliphatic rings. The maximum atomic E-state index is 11.7. The predicted octanol–water partition coefficient (Wildman–Crippen LogP) is 16.9. The lowest BCUT2D eigenvalue weighted by Crippen LogP contribution is -2.34. The first-order valence-corrected chi connectivity index (χ1v) is 28.5. The van der Waals surface area contributed by atoms with Crippen LogP contribution in [0.2, 0.25) is 0 Å². The maximum absolute atomic E-state index is 11.7. The Hall–Kier alpha value is -7.65. The topological polar surface area (TPSA) is 138 Å². The van der Waals surface area contributed by atoms with Crippen molar-refractivity contribution in [3.63, 3.8) is 0 Å². The van der Waals surface area contributed by atoms with Gasteiger partial charge in [-0.25, -0.2) is 19.5 Å². The lowest BCUT2D eigenvalue weighted by molar-refractivity contribution is 0.0686. The minimum absolute atomic E-state index is 0.154. The van der Waals surface area contributed by atoms with Crippen molar-refractivity contribution in [2.24, 2.45) is 0 Å². The lowest BCUT2D eigenvalue weighted by Gasteiger charge is -2.42. The Kier molecular flexibility index (Phi) is 15.9. The summed E-state index contributed by atoms with van der Waals surface area (Å²) in [6.07, 6.45) is 7.13. The second-order valence-corrected chi connectivity index (χ2v) is 27.1. The highest BCUT2D eigenvalue weighted by Gasteiger charge is 2.40. The molecular formula is C72H84N4O5. The summed E-state index contributed by atoms with van der Waals surface area (Å²) < 4.78 is 1.24. The predicted molar refractivity (Wildman–Crippen MR) is 333 cm³/mol. The molecule has 3 N–H and O–H groups in total. The van der Waals surface area contributed by atoms with E-state index < -0.39 is 11.9 Å². The molecule has 6 aromatic carbocycles. The number of carboxylic acid groups (broad SMARTS) is 2. The van der Waals surface area contributed by atoms with Crippen molar-refractivity contribution >= 4 is 28.7 Å². The largest absolute Gasteiger partial charge is 0.478 e. The van der Waals surface area contributed by atoms with Gasteiger partial charge in [0.25, 0.3) is 0 Å². The molecule has 0 fully saturated rings. The number of H-pyrrole nitrogens is 1. The number of aryl methyl sites for hydroxylation is 3. The molecule has 0 atom stereocenters. The van der Waals surface area contributed by atoms with E-state index in [0.717, 1.165) is 44.5 Å². The first kappa shape index (κ1) is 59.5. The summed E-state index contributed by atoms with van der Waals surface area (Å²) in [5, 5.41) is 27.8. The van der Waals surface area contributed by atoms with E-state index in [1.165, 1.54) is 98.8 Å². The summed E-state index contributed by atoms with van der Waals surface area (Å²) in [5.74, 6) is -1.81. The highest BCUT2D eigenvalue weighted by molar-refractivity contribution is 5.90. The van der Waals surface area contributed by atoms with Crippen LogP contribution in [-0.2, 0) is 32.5 Å². The summed E-state index contributed by atoms with van der Waals surface area (Å²) in [7, 11) is 0. The molecule has 7 aromatic rings.